The molecular formula is C14H13ClN2O3S2. The number of anilines is 1. The number of primary amides is 1. The van der Waals surface area contributed by atoms with Crippen LogP contribution in [0.4, 0.5) is 5.69 Å². The minimum absolute atomic E-state index is 0.0645. The number of amides is 1. The molecule has 5 nitrogen and oxygen atoms in total. The SMILES string of the molecule is NC(=O)CSc1ccccc1NS(=O)(=O)c1cccc(Cl)c1. The van der Waals surface area contributed by atoms with Crippen LogP contribution in [0.2, 0.25) is 5.02 Å². The number of carbonyl (C=O) groups excluding carboxylic acids is 1. The zero-order valence-corrected chi connectivity index (χ0v) is 13.7. The molecule has 0 aliphatic carbocycles. The van der Waals surface area contributed by atoms with Gasteiger partial charge in [0.05, 0.1) is 16.3 Å². The van der Waals surface area contributed by atoms with Gasteiger partial charge >= 0.3 is 0 Å². The first-order valence-electron chi connectivity index (χ1n) is 6.17. The number of thioether (sulfide) groups is 1. The Labute approximate surface area is 137 Å². The maximum absolute atomic E-state index is 12.4. The first-order chi connectivity index (χ1) is 10.4. The maximum Gasteiger partial charge on any atom is 0.261 e. The molecular weight excluding hydrogens is 344 g/mol. The van der Waals surface area contributed by atoms with Gasteiger partial charge in [0.2, 0.25) is 5.91 Å². The predicted molar refractivity (Wildman–Crippen MR) is 88.6 cm³/mol. The Morgan fingerprint density at radius 1 is 1.18 bits per heavy atom. The van der Waals surface area contributed by atoms with Gasteiger partial charge in [-0.15, -0.1) is 11.8 Å². The van der Waals surface area contributed by atoms with Gasteiger partial charge in [-0.3, -0.25) is 9.52 Å². The average molecular weight is 357 g/mol. The van der Waals surface area contributed by atoms with Crippen molar-refractivity contribution in [2.24, 2.45) is 5.73 Å². The summed E-state index contributed by atoms with van der Waals surface area (Å²) in [5.74, 6) is -0.409. The maximum atomic E-state index is 12.4. The molecule has 1 amide bonds. The van der Waals surface area contributed by atoms with Crippen LogP contribution >= 0.6 is 23.4 Å². The Kier molecular flexibility index (Phi) is 5.33. The summed E-state index contributed by atoms with van der Waals surface area (Å²) >= 11 is 6.99. The minimum Gasteiger partial charge on any atom is -0.369 e. The van der Waals surface area contributed by atoms with E-state index in [1.54, 1.807) is 36.4 Å². The zero-order valence-electron chi connectivity index (χ0n) is 11.3. The van der Waals surface area contributed by atoms with Gasteiger partial charge in [-0.2, -0.15) is 0 Å². The first-order valence-corrected chi connectivity index (χ1v) is 9.02. The Morgan fingerprint density at radius 3 is 2.59 bits per heavy atom. The second-order valence-electron chi connectivity index (χ2n) is 4.31. The van der Waals surface area contributed by atoms with Gasteiger partial charge in [-0.05, 0) is 30.3 Å². The van der Waals surface area contributed by atoms with E-state index in [1.807, 2.05) is 0 Å². The van der Waals surface area contributed by atoms with E-state index in [9.17, 15) is 13.2 Å². The van der Waals surface area contributed by atoms with Crippen molar-refractivity contribution < 1.29 is 13.2 Å². The lowest BCUT2D eigenvalue weighted by atomic mass is 10.3. The van der Waals surface area contributed by atoms with E-state index in [1.165, 1.54) is 23.9 Å². The molecule has 0 fully saturated rings. The molecule has 116 valence electrons. The highest BCUT2D eigenvalue weighted by molar-refractivity contribution is 8.00. The van der Waals surface area contributed by atoms with Crippen molar-refractivity contribution in [2.75, 3.05) is 10.5 Å². The van der Waals surface area contributed by atoms with Crippen molar-refractivity contribution in [1.82, 2.24) is 0 Å². The third-order valence-corrected chi connectivity index (χ3v) is 5.30. The van der Waals surface area contributed by atoms with E-state index < -0.39 is 15.9 Å². The number of rotatable bonds is 6. The number of halogens is 1. The van der Waals surface area contributed by atoms with Gasteiger partial charge in [0, 0.05) is 9.92 Å². The molecule has 0 radical (unpaired) electrons. The summed E-state index contributed by atoms with van der Waals surface area (Å²) in [6.07, 6.45) is 0. The second-order valence-corrected chi connectivity index (χ2v) is 7.45. The van der Waals surface area contributed by atoms with Gasteiger partial charge < -0.3 is 5.73 Å². The summed E-state index contributed by atoms with van der Waals surface area (Å²) < 4.78 is 27.2. The normalized spacial score (nSPS) is 11.1. The van der Waals surface area contributed by atoms with Crippen molar-refractivity contribution in [1.29, 1.82) is 0 Å². The lowest BCUT2D eigenvalue weighted by Crippen LogP contribution is -2.15. The fourth-order valence-electron chi connectivity index (χ4n) is 1.66. The van der Waals surface area contributed by atoms with E-state index in [0.29, 0.717) is 15.6 Å². The van der Waals surface area contributed by atoms with E-state index in [4.69, 9.17) is 17.3 Å². The first kappa shape index (κ1) is 16.7. The third-order valence-electron chi connectivity index (χ3n) is 2.61. The van der Waals surface area contributed by atoms with Crippen LogP contribution in [0, 0.1) is 0 Å². The van der Waals surface area contributed by atoms with Crippen LogP contribution in [-0.2, 0) is 14.8 Å². The highest BCUT2D eigenvalue weighted by atomic mass is 35.5. The number of hydrogen-bond donors (Lipinski definition) is 2. The molecule has 0 aliphatic rings. The fourth-order valence-corrected chi connectivity index (χ4v) is 3.86. The Balaban J connectivity index is 2.28. The molecule has 8 heteroatoms. The Morgan fingerprint density at radius 2 is 1.91 bits per heavy atom. The number of nitrogens with two attached hydrogens (primary N) is 1. The van der Waals surface area contributed by atoms with E-state index >= 15 is 0 Å². The number of nitrogens with one attached hydrogen (secondary N) is 1. The van der Waals surface area contributed by atoms with Crippen molar-refractivity contribution in [2.45, 2.75) is 9.79 Å². The molecule has 0 saturated carbocycles. The molecule has 0 heterocycles. The average Bonchev–Trinajstić information content (AvgIpc) is 2.46. The van der Waals surface area contributed by atoms with Gasteiger partial charge in [0.1, 0.15) is 0 Å². The molecule has 0 saturated heterocycles. The fraction of sp³-hybridized carbons (Fsp3) is 0.0714. The number of sulfonamides is 1. The summed E-state index contributed by atoms with van der Waals surface area (Å²) in [5.41, 5.74) is 5.50. The van der Waals surface area contributed by atoms with Crippen LogP contribution in [-0.4, -0.2) is 20.1 Å². The van der Waals surface area contributed by atoms with Crippen LogP contribution in [0.15, 0.2) is 58.3 Å². The van der Waals surface area contributed by atoms with Crippen molar-refractivity contribution >= 4 is 45.0 Å². The molecule has 2 rings (SSSR count). The highest BCUT2D eigenvalue weighted by Crippen LogP contribution is 2.29. The summed E-state index contributed by atoms with van der Waals surface area (Å²) in [6, 6.07) is 12.7. The lowest BCUT2D eigenvalue weighted by molar-refractivity contribution is -0.115. The predicted octanol–water partition coefficient (Wildman–Crippen LogP) is 2.72. The molecule has 0 unspecified atom stereocenters. The summed E-state index contributed by atoms with van der Waals surface area (Å²) in [7, 11) is -3.76. The van der Waals surface area contributed by atoms with Crippen LogP contribution in [0.5, 0.6) is 0 Å². The summed E-state index contributed by atoms with van der Waals surface area (Å²) in [6.45, 7) is 0. The number of para-hydroxylation sites is 1. The van der Waals surface area contributed by atoms with Crippen molar-refractivity contribution in [3.05, 3.63) is 53.6 Å². The van der Waals surface area contributed by atoms with Crippen LogP contribution < -0.4 is 10.5 Å². The molecule has 0 spiro atoms. The molecule has 0 aromatic heterocycles. The lowest BCUT2D eigenvalue weighted by Gasteiger charge is -2.12. The summed E-state index contributed by atoms with van der Waals surface area (Å²) in [4.78, 5) is 11.6. The molecule has 2 aromatic carbocycles. The van der Waals surface area contributed by atoms with E-state index in [2.05, 4.69) is 4.72 Å². The molecule has 0 atom stereocenters. The smallest absolute Gasteiger partial charge is 0.261 e. The number of hydrogen-bond acceptors (Lipinski definition) is 4. The minimum atomic E-state index is -3.76. The van der Waals surface area contributed by atoms with E-state index in [0.717, 1.165) is 0 Å². The van der Waals surface area contributed by atoms with Crippen LogP contribution in [0.25, 0.3) is 0 Å². The topological polar surface area (TPSA) is 89.3 Å². The quantitative estimate of drug-likeness (QED) is 0.779. The Hall–Kier alpha value is -1.70. The van der Waals surface area contributed by atoms with Crippen LogP contribution in [0.1, 0.15) is 0 Å². The van der Waals surface area contributed by atoms with Crippen molar-refractivity contribution in [3.63, 3.8) is 0 Å². The van der Waals surface area contributed by atoms with Gasteiger partial charge in [0.15, 0.2) is 0 Å². The zero-order chi connectivity index (χ0) is 16.2. The van der Waals surface area contributed by atoms with Crippen LogP contribution in [0.3, 0.4) is 0 Å². The summed E-state index contributed by atoms with van der Waals surface area (Å²) in [5, 5.41) is 0.333. The van der Waals surface area contributed by atoms with Gasteiger partial charge in [0.25, 0.3) is 10.0 Å². The molecule has 22 heavy (non-hydrogen) atoms. The molecule has 0 aliphatic heterocycles. The highest BCUT2D eigenvalue weighted by Gasteiger charge is 2.16. The molecule has 3 N–H and O–H groups in total. The van der Waals surface area contributed by atoms with Crippen molar-refractivity contribution in [3.8, 4) is 0 Å². The molecule has 2 aromatic rings. The second kappa shape index (κ2) is 7.04. The van der Waals surface area contributed by atoms with Gasteiger partial charge in [-0.1, -0.05) is 29.8 Å². The monoisotopic (exact) mass is 356 g/mol. The van der Waals surface area contributed by atoms with E-state index in [-0.39, 0.29) is 10.6 Å². The van der Waals surface area contributed by atoms with Gasteiger partial charge in [-0.25, -0.2) is 8.42 Å². The number of benzene rings is 2. The standard InChI is InChI=1S/C14H13ClN2O3S2/c15-10-4-3-5-11(8-10)22(19,20)17-12-6-1-2-7-13(12)21-9-14(16)18/h1-8,17H,9H2,(H2,16,18). The molecule has 0 bridgehead atoms. The largest absolute Gasteiger partial charge is 0.369 e. The third kappa shape index (κ3) is 4.40. The Bertz CT molecular complexity index is 794. The number of carbonyl (C=O) groups is 1.